The number of fused-ring (bicyclic) bond motifs is 1. The number of rotatable bonds is 5. The molecule has 0 atom stereocenters. The van der Waals surface area contributed by atoms with Crippen LogP contribution in [-0.2, 0) is 11.3 Å². The van der Waals surface area contributed by atoms with Crippen LogP contribution in [0.5, 0.6) is 5.75 Å². The van der Waals surface area contributed by atoms with E-state index in [1.165, 1.54) is 24.5 Å². The highest BCUT2D eigenvalue weighted by Gasteiger charge is 2.33. The molecule has 0 aliphatic heterocycles. The van der Waals surface area contributed by atoms with Gasteiger partial charge in [0, 0.05) is 23.8 Å². The number of nitrogens with zero attached hydrogens (tertiary/aromatic N) is 1. The molecule has 0 bridgehead atoms. The molecule has 0 unspecified atom stereocenters. The first-order valence-electron chi connectivity index (χ1n) is 7.34. The average molecular weight is 382 g/mol. The number of hydrogen-bond acceptors (Lipinski definition) is 5. The van der Waals surface area contributed by atoms with Crippen molar-refractivity contribution in [2.24, 2.45) is 5.73 Å². The Hall–Kier alpha value is -2.65. The van der Waals surface area contributed by atoms with E-state index < -0.39 is 18.0 Å². The van der Waals surface area contributed by atoms with Gasteiger partial charge >= 0.3 is 6.36 Å². The SMILES string of the molecule is COCc1c(C(N)=O)ccc(OC(F)(F)F)c1-c1ccc2scnc2c1. The summed E-state index contributed by atoms with van der Waals surface area (Å²) in [6.45, 7) is -0.113. The topological polar surface area (TPSA) is 74.4 Å². The second kappa shape index (κ2) is 6.93. The van der Waals surface area contributed by atoms with Crippen molar-refractivity contribution in [3.63, 3.8) is 0 Å². The number of halogens is 3. The fraction of sp³-hybridized carbons (Fsp3) is 0.176. The maximum Gasteiger partial charge on any atom is 0.573 e. The van der Waals surface area contributed by atoms with E-state index in [9.17, 15) is 18.0 Å². The third-order valence-corrected chi connectivity index (χ3v) is 4.48. The highest BCUT2D eigenvalue weighted by atomic mass is 32.1. The number of nitrogens with two attached hydrogens (primary N) is 1. The zero-order valence-electron chi connectivity index (χ0n) is 13.5. The van der Waals surface area contributed by atoms with Crippen LogP contribution >= 0.6 is 11.3 Å². The molecule has 0 radical (unpaired) electrons. The van der Waals surface area contributed by atoms with Crippen molar-refractivity contribution in [1.29, 1.82) is 0 Å². The van der Waals surface area contributed by atoms with E-state index >= 15 is 0 Å². The number of hydrogen-bond donors (Lipinski definition) is 1. The summed E-state index contributed by atoms with van der Waals surface area (Å²) in [5.74, 6) is -1.21. The normalized spacial score (nSPS) is 11.7. The van der Waals surface area contributed by atoms with Crippen LogP contribution in [0.1, 0.15) is 15.9 Å². The first kappa shape index (κ1) is 18.2. The Labute approximate surface area is 150 Å². The van der Waals surface area contributed by atoms with Gasteiger partial charge in [0.15, 0.2) is 0 Å². The number of methoxy groups -OCH3 is 1. The highest BCUT2D eigenvalue weighted by molar-refractivity contribution is 7.16. The Balaban J connectivity index is 2.29. The van der Waals surface area contributed by atoms with E-state index in [0.29, 0.717) is 11.1 Å². The van der Waals surface area contributed by atoms with Crippen molar-refractivity contribution in [3.8, 4) is 16.9 Å². The van der Waals surface area contributed by atoms with Crippen molar-refractivity contribution in [1.82, 2.24) is 4.98 Å². The number of primary amides is 1. The summed E-state index contributed by atoms with van der Waals surface area (Å²) in [5, 5.41) is 0. The molecule has 0 fully saturated rings. The third-order valence-electron chi connectivity index (χ3n) is 3.67. The summed E-state index contributed by atoms with van der Waals surface area (Å²) >= 11 is 1.41. The molecular formula is C17H13F3N2O3S. The average Bonchev–Trinajstić information content (AvgIpc) is 3.01. The van der Waals surface area contributed by atoms with E-state index in [1.807, 2.05) is 0 Å². The molecule has 5 nitrogen and oxygen atoms in total. The Morgan fingerprint density at radius 3 is 2.69 bits per heavy atom. The number of thiazole rings is 1. The Bertz CT molecular complexity index is 970. The van der Waals surface area contributed by atoms with Crippen molar-refractivity contribution in [2.75, 3.05) is 7.11 Å². The van der Waals surface area contributed by atoms with Crippen LogP contribution in [0.15, 0.2) is 35.8 Å². The van der Waals surface area contributed by atoms with E-state index in [0.717, 1.165) is 10.8 Å². The van der Waals surface area contributed by atoms with Gasteiger partial charge in [0.25, 0.3) is 0 Å². The standard InChI is InChI=1S/C17H13F3N2O3S/c1-24-7-11-10(16(21)23)3-4-13(25-17(18,19)20)15(11)9-2-5-14-12(6-9)22-8-26-14/h2-6,8H,7H2,1H3,(H2,21,23). The zero-order chi connectivity index (χ0) is 18.9. The Morgan fingerprint density at radius 1 is 1.27 bits per heavy atom. The van der Waals surface area contributed by atoms with Crippen molar-refractivity contribution < 1.29 is 27.4 Å². The number of aromatic nitrogens is 1. The van der Waals surface area contributed by atoms with Gasteiger partial charge in [0.2, 0.25) is 5.91 Å². The Kier molecular flexibility index (Phi) is 4.84. The van der Waals surface area contributed by atoms with Crippen molar-refractivity contribution >= 4 is 27.5 Å². The van der Waals surface area contributed by atoms with Crippen molar-refractivity contribution in [2.45, 2.75) is 13.0 Å². The van der Waals surface area contributed by atoms with Crippen LogP contribution < -0.4 is 10.5 Å². The number of carbonyl (C=O) groups excluding carboxylic acids is 1. The fourth-order valence-corrected chi connectivity index (χ4v) is 3.35. The Morgan fingerprint density at radius 2 is 2.04 bits per heavy atom. The number of carbonyl (C=O) groups is 1. The number of benzene rings is 2. The van der Waals surface area contributed by atoms with E-state index in [2.05, 4.69) is 9.72 Å². The lowest BCUT2D eigenvalue weighted by Crippen LogP contribution is -2.20. The second-order valence-electron chi connectivity index (χ2n) is 5.34. The first-order chi connectivity index (χ1) is 12.3. The first-order valence-corrected chi connectivity index (χ1v) is 8.22. The molecule has 3 aromatic rings. The molecule has 1 amide bonds. The summed E-state index contributed by atoms with van der Waals surface area (Å²) in [6.07, 6.45) is -4.89. The number of alkyl halides is 3. The van der Waals surface area contributed by atoms with Gasteiger partial charge in [-0.15, -0.1) is 24.5 Å². The van der Waals surface area contributed by atoms with E-state index in [4.69, 9.17) is 10.5 Å². The van der Waals surface area contributed by atoms with Crippen LogP contribution in [0.2, 0.25) is 0 Å². The van der Waals surface area contributed by atoms with Crippen LogP contribution in [0.4, 0.5) is 13.2 Å². The molecule has 26 heavy (non-hydrogen) atoms. The maximum absolute atomic E-state index is 12.9. The van der Waals surface area contributed by atoms with Crippen molar-refractivity contribution in [3.05, 3.63) is 47.0 Å². The predicted molar refractivity (Wildman–Crippen MR) is 91.0 cm³/mol. The van der Waals surface area contributed by atoms with Gasteiger partial charge in [0.05, 0.1) is 22.3 Å². The third kappa shape index (κ3) is 3.63. The molecule has 0 aliphatic rings. The number of amides is 1. The lowest BCUT2D eigenvalue weighted by Gasteiger charge is -2.19. The summed E-state index contributed by atoms with van der Waals surface area (Å²) in [7, 11) is 1.37. The minimum absolute atomic E-state index is 0.0646. The molecule has 0 saturated heterocycles. The quantitative estimate of drug-likeness (QED) is 0.721. The summed E-state index contributed by atoms with van der Waals surface area (Å²) < 4.78 is 48.7. The molecule has 0 saturated carbocycles. The van der Waals surface area contributed by atoms with Crippen LogP contribution in [-0.4, -0.2) is 24.4 Å². The molecule has 0 aliphatic carbocycles. The minimum Gasteiger partial charge on any atom is -0.405 e. The van der Waals surface area contributed by atoms with E-state index in [-0.39, 0.29) is 23.3 Å². The molecule has 1 aromatic heterocycles. The molecule has 3 rings (SSSR count). The molecular weight excluding hydrogens is 369 g/mol. The molecule has 9 heteroatoms. The highest BCUT2D eigenvalue weighted by Crippen LogP contribution is 2.39. The van der Waals surface area contributed by atoms with Gasteiger partial charge in [0.1, 0.15) is 5.75 Å². The van der Waals surface area contributed by atoms with Gasteiger partial charge < -0.3 is 15.2 Å². The molecule has 0 spiro atoms. The van der Waals surface area contributed by atoms with Gasteiger partial charge in [-0.3, -0.25) is 4.79 Å². The lowest BCUT2D eigenvalue weighted by atomic mass is 9.94. The molecule has 2 N–H and O–H groups in total. The summed E-state index contributed by atoms with van der Waals surface area (Å²) in [4.78, 5) is 15.9. The monoisotopic (exact) mass is 382 g/mol. The van der Waals surface area contributed by atoms with Gasteiger partial charge in [-0.1, -0.05) is 6.07 Å². The van der Waals surface area contributed by atoms with Gasteiger partial charge in [-0.2, -0.15) is 0 Å². The van der Waals surface area contributed by atoms with E-state index in [1.54, 1.807) is 23.7 Å². The fourth-order valence-electron chi connectivity index (χ4n) is 2.69. The maximum atomic E-state index is 12.9. The van der Waals surface area contributed by atoms with Gasteiger partial charge in [-0.25, -0.2) is 4.98 Å². The molecule has 2 aromatic carbocycles. The zero-order valence-corrected chi connectivity index (χ0v) is 14.3. The number of ether oxygens (including phenoxy) is 2. The second-order valence-corrected chi connectivity index (χ2v) is 6.23. The summed E-state index contributed by atoms with van der Waals surface area (Å²) in [5.41, 5.74) is 8.43. The smallest absolute Gasteiger partial charge is 0.405 e. The lowest BCUT2D eigenvalue weighted by molar-refractivity contribution is -0.274. The van der Waals surface area contributed by atoms with Gasteiger partial charge in [-0.05, 0) is 29.8 Å². The summed E-state index contributed by atoms with van der Waals surface area (Å²) in [6, 6.07) is 7.29. The predicted octanol–water partition coefficient (Wildman–Crippen LogP) is 4.11. The minimum atomic E-state index is -4.89. The van der Waals surface area contributed by atoms with Crippen LogP contribution in [0, 0.1) is 0 Å². The molecule has 136 valence electrons. The largest absolute Gasteiger partial charge is 0.573 e. The van der Waals surface area contributed by atoms with Crippen LogP contribution in [0.3, 0.4) is 0 Å². The molecule has 1 heterocycles. The van der Waals surface area contributed by atoms with Crippen LogP contribution in [0.25, 0.3) is 21.3 Å².